The maximum atomic E-state index is 12.8. The smallest absolute Gasteiger partial charge is 0.277 e. The summed E-state index contributed by atoms with van der Waals surface area (Å²) in [5, 5.41) is 22.0. The standard InChI is InChI=1S/C22H22N4O3/c1-2-12-26-17-11-7-6-10-15(17)19(22(26)29)24-25-21(28)18-16(13-23-20(18)27)14-8-4-3-5-9-14/h3-11,16,18,29H,2,12-13H2,1H3,(H,23,27)/t16-,18-/m1/s1. The summed E-state index contributed by atoms with van der Waals surface area (Å²) in [5.41, 5.74) is 1.98. The van der Waals surface area contributed by atoms with Crippen molar-refractivity contribution < 1.29 is 14.7 Å². The van der Waals surface area contributed by atoms with Crippen molar-refractivity contribution in [2.75, 3.05) is 6.54 Å². The lowest BCUT2D eigenvalue weighted by atomic mass is 9.88. The van der Waals surface area contributed by atoms with Crippen molar-refractivity contribution in [2.45, 2.75) is 25.8 Å². The van der Waals surface area contributed by atoms with Gasteiger partial charge in [0.15, 0.2) is 5.69 Å². The Labute approximate surface area is 168 Å². The van der Waals surface area contributed by atoms with Gasteiger partial charge in [0.1, 0.15) is 5.92 Å². The van der Waals surface area contributed by atoms with Crippen LogP contribution in [0.15, 0.2) is 64.8 Å². The zero-order valence-corrected chi connectivity index (χ0v) is 16.1. The van der Waals surface area contributed by atoms with Crippen LogP contribution in [-0.2, 0) is 16.1 Å². The topological polar surface area (TPSA) is 96.0 Å². The summed E-state index contributed by atoms with van der Waals surface area (Å²) in [6, 6.07) is 16.9. The highest BCUT2D eigenvalue weighted by Gasteiger charge is 2.41. The Morgan fingerprint density at radius 2 is 1.90 bits per heavy atom. The van der Waals surface area contributed by atoms with Gasteiger partial charge in [0.05, 0.1) is 5.52 Å². The molecule has 0 bridgehead atoms. The number of aromatic hydroxyl groups is 1. The molecule has 0 radical (unpaired) electrons. The monoisotopic (exact) mass is 390 g/mol. The van der Waals surface area contributed by atoms with Crippen molar-refractivity contribution in [3.05, 3.63) is 60.2 Å². The molecule has 2 heterocycles. The molecular formula is C22H22N4O3. The van der Waals surface area contributed by atoms with Crippen LogP contribution in [0.5, 0.6) is 5.88 Å². The highest BCUT2D eigenvalue weighted by molar-refractivity contribution is 6.03. The van der Waals surface area contributed by atoms with Crippen LogP contribution in [0.1, 0.15) is 24.8 Å². The van der Waals surface area contributed by atoms with Crippen molar-refractivity contribution in [2.24, 2.45) is 16.1 Å². The maximum absolute atomic E-state index is 12.8. The van der Waals surface area contributed by atoms with Gasteiger partial charge in [0, 0.05) is 24.4 Å². The van der Waals surface area contributed by atoms with E-state index in [9.17, 15) is 14.7 Å². The number of nitrogens with one attached hydrogen (secondary N) is 1. The number of fused-ring (bicyclic) bond motifs is 1. The van der Waals surface area contributed by atoms with Crippen LogP contribution < -0.4 is 5.32 Å². The van der Waals surface area contributed by atoms with Crippen LogP contribution in [0, 0.1) is 5.92 Å². The zero-order valence-electron chi connectivity index (χ0n) is 16.1. The maximum Gasteiger partial charge on any atom is 0.277 e. The Balaban J connectivity index is 1.66. The van der Waals surface area contributed by atoms with Crippen molar-refractivity contribution >= 4 is 28.4 Å². The number of carbonyl (C=O) groups is 2. The molecule has 148 valence electrons. The summed E-state index contributed by atoms with van der Waals surface area (Å²) in [5.74, 6) is -2.20. The van der Waals surface area contributed by atoms with Gasteiger partial charge in [-0.15, -0.1) is 10.2 Å². The minimum absolute atomic E-state index is 0.0277. The zero-order chi connectivity index (χ0) is 20.4. The van der Waals surface area contributed by atoms with Gasteiger partial charge in [-0.2, -0.15) is 0 Å². The number of hydrogen-bond acceptors (Lipinski definition) is 4. The number of aromatic nitrogens is 1. The van der Waals surface area contributed by atoms with E-state index in [2.05, 4.69) is 15.5 Å². The Bertz CT molecular complexity index is 1090. The molecule has 0 saturated carbocycles. The molecule has 7 nitrogen and oxygen atoms in total. The highest BCUT2D eigenvalue weighted by Crippen LogP contribution is 2.39. The van der Waals surface area contributed by atoms with E-state index in [1.54, 1.807) is 4.57 Å². The van der Waals surface area contributed by atoms with Crippen LogP contribution in [0.3, 0.4) is 0 Å². The van der Waals surface area contributed by atoms with Gasteiger partial charge in [0.2, 0.25) is 11.8 Å². The van der Waals surface area contributed by atoms with Crippen molar-refractivity contribution in [3.8, 4) is 5.88 Å². The van der Waals surface area contributed by atoms with Gasteiger partial charge in [-0.1, -0.05) is 55.5 Å². The number of benzene rings is 2. The van der Waals surface area contributed by atoms with E-state index in [4.69, 9.17) is 0 Å². The Hall–Kier alpha value is -3.48. The molecule has 1 aromatic heterocycles. The third-order valence-electron chi connectivity index (χ3n) is 5.29. The first kappa shape index (κ1) is 18.9. The van der Waals surface area contributed by atoms with Gasteiger partial charge in [-0.25, -0.2) is 0 Å². The first-order chi connectivity index (χ1) is 14.1. The van der Waals surface area contributed by atoms with Gasteiger partial charge in [-0.3, -0.25) is 9.59 Å². The second-order valence-corrected chi connectivity index (χ2v) is 7.12. The predicted molar refractivity (Wildman–Crippen MR) is 109 cm³/mol. The number of azo groups is 1. The third kappa shape index (κ3) is 3.40. The lowest BCUT2D eigenvalue weighted by Crippen LogP contribution is -2.25. The van der Waals surface area contributed by atoms with Crippen molar-refractivity contribution in [1.29, 1.82) is 0 Å². The Kier molecular flexibility index (Phi) is 5.12. The molecule has 0 aliphatic carbocycles. The number of nitrogens with zero attached hydrogens (tertiary/aromatic N) is 3. The summed E-state index contributed by atoms with van der Waals surface area (Å²) >= 11 is 0. The van der Waals surface area contributed by atoms with Gasteiger partial charge < -0.3 is 15.0 Å². The second kappa shape index (κ2) is 7.87. The lowest BCUT2D eigenvalue weighted by Gasteiger charge is -2.13. The van der Waals surface area contributed by atoms with E-state index in [1.807, 2.05) is 61.5 Å². The molecule has 1 aliphatic rings. The normalized spacial score (nSPS) is 19.1. The summed E-state index contributed by atoms with van der Waals surface area (Å²) in [6.07, 6.45) is 0.836. The van der Waals surface area contributed by atoms with E-state index in [1.165, 1.54) is 0 Å². The fraction of sp³-hybridized carbons (Fsp3) is 0.273. The molecule has 1 saturated heterocycles. The van der Waals surface area contributed by atoms with Crippen LogP contribution in [0.4, 0.5) is 5.69 Å². The van der Waals surface area contributed by atoms with E-state index in [-0.39, 0.29) is 23.4 Å². The average molecular weight is 390 g/mol. The third-order valence-corrected chi connectivity index (χ3v) is 5.29. The van der Waals surface area contributed by atoms with E-state index < -0.39 is 11.8 Å². The molecule has 3 aromatic rings. The summed E-state index contributed by atoms with van der Waals surface area (Å²) in [7, 11) is 0. The Morgan fingerprint density at radius 1 is 1.17 bits per heavy atom. The lowest BCUT2D eigenvalue weighted by molar-refractivity contribution is -0.131. The molecule has 0 spiro atoms. The second-order valence-electron chi connectivity index (χ2n) is 7.12. The van der Waals surface area contributed by atoms with Gasteiger partial charge in [-0.05, 0) is 18.1 Å². The van der Waals surface area contributed by atoms with E-state index >= 15 is 0 Å². The number of rotatable bonds is 5. The first-order valence-electron chi connectivity index (χ1n) is 9.70. The predicted octanol–water partition coefficient (Wildman–Crippen LogP) is 3.90. The fourth-order valence-corrected chi connectivity index (χ4v) is 3.90. The van der Waals surface area contributed by atoms with Crippen molar-refractivity contribution in [1.82, 2.24) is 9.88 Å². The number of carbonyl (C=O) groups excluding carboxylic acids is 2. The molecule has 0 unspecified atom stereocenters. The van der Waals surface area contributed by atoms with Crippen LogP contribution in [0.25, 0.3) is 10.9 Å². The fourth-order valence-electron chi connectivity index (χ4n) is 3.90. The van der Waals surface area contributed by atoms with Gasteiger partial charge in [0.25, 0.3) is 5.91 Å². The average Bonchev–Trinajstić information content (AvgIpc) is 3.25. The van der Waals surface area contributed by atoms with Crippen LogP contribution >= 0.6 is 0 Å². The minimum Gasteiger partial charge on any atom is -0.493 e. The number of para-hydroxylation sites is 1. The molecule has 4 rings (SSSR count). The SMILES string of the molecule is CCCn1c(O)c(N=NC(=O)[C@H]2C(=O)NC[C@@H]2c2ccccc2)c2ccccc21. The van der Waals surface area contributed by atoms with Crippen LogP contribution in [0.2, 0.25) is 0 Å². The van der Waals surface area contributed by atoms with Gasteiger partial charge >= 0.3 is 0 Å². The molecule has 29 heavy (non-hydrogen) atoms. The molecule has 2 aromatic carbocycles. The number of hydrogen-bond donors (Lipinski definition) is 2. The highest BCUT2D eigenvalue weighted by atomic mass is 16.3. The summed E-state index contributed by atoms with van der Waals surface area (Å²) < 4.78 is 1.75. The summed E-state index contributed by atoms with van der Waals surface area (Å²) in [6.45, 7) is 3.02. The summed E-state index contributed by atoms with van der Waals surface area (Å²) in [4.78, 5) is 25.1. The van der Waals surface area contributed by atoms with Crippen LogP contribution in [-0.4, -0.2) is 28.0 Å². The number of aryl methyl sites for hydroxylation is 1. The van der Waals surface area contributed by atoms with E-state index in [0.29, 0.717) is 18.5 Å². The molecular weight excluding hydrogens is 368 g/mol. The minimum atomic E-state index is -0.924. The largest absolute Gasteiger partial charge is 0.493 e. The quantitative estimate of drug-likeness (QED) is 0.511. The molecule has 7 heteroatoms. The molecule has 2 N–H and O–H groups in total. The molecule has 2 amide bonds. The first-order valence-corrected chi connectivity index (χ1v) is 9.70. The van der Waals surface area contributed by atoms with Crippen molar-refractivity contribution in [3.63, 3.8) is 0 Å². The molecule has 2 atom stereocenters. The van der Waals surface area contributed by atoms with E-state index in [0.717, 1.165) is 17.5 Å². The molecule has 1 fully saturated rings. The Morgan fingerprint density at radius 3 is 2.66 bits per heavy atom. The molecule has 1 aliphatic heterocycles. The number of amides is 2.